The van der Waals surface area contributed by atoms with Crippen LogP contribution >= 0.6 is 11.3 Å². The van der Waals surface area contributed by atoms with Crippen LogP contribution in [0.25, 0.3) is 10.6 Å². The van der Waals surface area contributed by atoms with E-state index in [0.29, 0.717) is 33.4 Å². The Bertz CT molecular complexity index is 1100. The summed E-state index contributed by atoms with van der Waals surface area (Å²) in [6.07, 6.45) is 0. The minimum atomic E-state index is -0.582. The van der Waals surface area contributed by atoms with Crippen LogP contribution in [0, 0.1) is 6.92 Å². The van der Waals surface area contributed by atoms with Gasteiger partial charge in [0.2, 0.25) is 0 Å². The maximum atomic E-state index is 12.5. The normalized spacial score (nSPS) is 10.4. The van der Waals surface area contributed by atoms with Crippen LogP contribution in [-0.2, 0) is 16.1 Å². The zero-order valence-electron chi connectivity index (χ0n) is 18.3. The number of rotatable bonds is 9. The molecule has 0 aliphatic carbocycles. The lowest BCUT2D eigenvalue weighted by molar-refractivity contribution is -0.124. The van der Waals surface area contributed by atoms with Gasteiger partial charge in [-0.3, -0.25) is 4.79 Å². The predicted octanol–water partition coefficient (Wildman–Crippen LogP) is 3.62. The van der Waals surface area contributed by atoms with Crippen molar-refractivity contribution >= 4 is 23.2 Å². The second-order valence-corrected chi connectivity index (χ2v) is 7.67. The molecular weight excluding hydrogens is 432 g/mol. The molecule has 2 aromatic carbocycles. The Balaban J connectivity index is 1.59. The van der Waals surface area contributed by atoms with Gasteiger partial charge in [-0.25, -0.2) is 9.78 Å². The van der Waals surface area contributed by atoms with Crippen molar-refractivity contribution in [3.8, 4) is 27.8 Å². The molecule has 1 aromatic heterocycles. The Morgan fingerprint density at radius 1 is 0.969 bits per heavy atom. The van der Waals surface area contributed by atoms with E-state index in [0.717, 1.165) is 10.6 Å². The average Bonchev–Trinajstić information content (AvgIpc) is 3.22. The Labute approximate surface area is 190 Å². The molecule has 168 valence electrons. The van der Waals surface area contributed by atoms with Gasteiger partial charge in [0.05, 0.1) is 27.0 Å². The number of benzene rings is 2. The number of hydrogen-bond donors (Lipinski definition) is 1. The molecule has 3 aromatic rings. The van der Waals surface area contributed by atoms with Crippen molar-refractivity contribution in [3.63, 3.8) is 0 Å². The van der Waals surface area contributed by atoms with Crippen LogP contribution in [-0.4, -0.2) is 44.8 Å². The minimum absolute atomic E-state index is 0.164. The average molecular weight is 457 g/mol. The molecule has 0 saturated heterocycles. The highest BCUT2D eigenvalue weighted by atomic mass is 32.1. The number of carbonyl (C=O) groups is 2. The lowest BCUT2D eigenvalue weighted by atomic mass is 10.1. The first kappa shape index (κ1) is 23.1. The third kappa shape index (κ3) is 5.36. The number of thiazole rings is 1. The molecule has 0 aliphatic rings. The van der Waals surface area contributed by atoms with Crippen molar-refractivity contribution in [2.75, 3.05) is 27.9 Å². The van der Waals surface area contributed by atoms with Gasteiger partial charge in [0, 0.05) is 23.7 Å². The van der Waals surface area contributed by atoms with Crippen LogP contribution in [0.1, 0.15) is 20.9 Å². The van der Waals surface area contributed by atoms with E-state index in [1.165, 1.54) is 32.7 Å². The van der Waals surface area contributed by atoms with Crippen molar-refractivity contribution in [1.29, 1.82) is 0 Å². The summed E-state index contributed by atoms with van der Waals surface area (Å²) >= 11 is 1.24. The zero-order chi connectivity index (χ0) is 23.1. The molecule has 1 heterocycles. The number of aromatic nitrogens is 1. The molecule has 0 aliphatic heterocycles. The van der Waals surface area contributed by atoms with E-state index in [9.17, 15) is 9.59 Å². The molecule has 32 heavy (non-hydrogen) atoms. The monoisotopic (exact) mass is 456 g/mol. The summed E-state index contributed by atoms with van der Waals surface area (Å²) in [7, 11) is 4.58. The summed E-state index contributed by atoms with van der Waals surface area (Å²) in [5.74, 6) is 0.539. The number of hydrogen-bond acceptors (Lipinski definition) is 8. The second kappa shape index (κ2) is 10.6. The van der Waals surface area contributed by atoms with Gasteiger partial charge < -0.3 is 24.3 Å². The standard InChI is InChI=1S/C23H24N2O6S/c1-14-21(32-22(25-14)15-8-6-5-7-9-15)23(27)31-13-20(26)24-12-16-10-18(29-3)19(30-4)11-17(16)28-2/h5-11H,12-13H2,1-4H3,(H,24,26). The second-order valence-electron chi connectivity index (χ2n) is 6.67. The van der Waals surface area contributed by atoms with Gasteiger partial charge in [0.25, 0.3) is 5.91 Å². The third-order valence-corrected chi connectivity index (χ3v) is 5.79. The van der Waals surface area contributed by atoms with E-state index in [4.69, 9.17) is 18.9 Å². The highest BCUT2D eigenvalue weighted by Crippen LogP contribution is 2.34. The highest BCUT2D eigenvalue weighted by molar-refractivity contribution is 7.17. The molecule has 1 N–H and O–H groups in total. The number of nitrogens with zero attached hydrogens (tertiary/aromatic N) is 1. The molecule has 8 nitrogen and oxygen atoms in total. The summed E-state index contributed by atoms with van der Waals surface area (Å²) in [5.41, 5.74) is 2.17. The van der Waals surface area contributed by atoms with Crippen molar-refractivity contribution < 1.29 is 28.5 Å². The SMILES string of the molecule is COc1cc(OC)c(OC)cc1CNC(=O)COC(=O)c1sc(-c2ccccc2)nc1C. The fraction of sp³-hybridized carbons (Fsp3) is 0.261. The summed E-state index contributed by atoms with van der Waals surface area (Å²) in [5, 5.41) is 3.43. The number of nitrogens with one attached hydrogen (secondary N) is 1. The summed E-state index contributed by atoms with van der Waals surface area (Å²) in [6.45, 7) is 1.49. The van der Waals surface area contributed by atoms with Gasteiger partial charge in [-0.1, -0.05) is 30.3 Å². The smallest absolute Gasteiger partial charge is 0.350 e. The predicted molar refractivity (Wildman–Crippen MR) is 121 cm³/mol. The molecule has 9 heteroatoms. The van der Waals surface area contributed by atoms with Crippen LogP contribution in [0.4, 0.5) is 0 Å². The molecule has 0 fully saturated rings. The van der Waals surface area contributed by atoms with Crippen LogP contribution < -0.4 is 19.5 Å². The fourth-order valence-corrected chi connectivity index (χ4v) is 3.93. The van der Waals surface area contributed by atoms with Gasteiger partial charge >= 0.3 is 5.97 Å². The lowest BCUT2D eigenvalue weighted by Crippen LogP contribution is -2.28. The highest BCUT2D eigenvalue weighted by Gasteiger charge is 2.19. The zero-order valence-corrected chi connectivity index (χ0v) is 19.1. The summed E-state index contributed by atoms with van der Waals surface area (Å²) in [6, 6.07) is 13.0. The van der Waals surface area contributed by atoms with Gasteiger partial charge in [-0.05, 0) is 13.0 Å². The number of amides is 1. The van der Waals surface area contributed by atoms with Crippen molar-refractivity contribution in [1.82, 2.24) is 10.3 Å². The van der Waals surface area contributed by atoms with E-state index in [2.05, 4.69) is 10.3 Å². The number of ether oxygens (including phenoxy) is 4. The topological polar surface area (TPSA) is 96.0 Å². The summed E-state index contributed by atoms with van der Waals surface area (Å²) < 4.78 is 21.1. The van der Waals surface area contributed by atoms with E-state index >= 15 is 0 Å². The van der Waals surface area contributed by atoms with Crippen LogP contribution in [0.3, 0.4) is 0 Å². The molecule has 0 atom stereocenters. The van der Waals surface area contributed by atoms with Crippen LogP contribution in [0.5, 0.6) is 17.2 Å². The first-order valence-corrected chi connectivity index (χ1v) is 10.5. The largest absolute Gasteiger partial charge is 0.496 e. The summed E-state index contributed by atoms with van der Waals surface area (Å²) in [4.78, 5) is 29.5. The third-order valence-electron chi connectivity index (χ3n) is 4.60. The van der Waals surface area contributed by atoms with Crippen LogP contribution in [0.2, 0.25) is 0 Å². The van der Waals surface area contributed by atoms with Crippen molar-refractivity contribution in [3.05, 3.63) is 58.6 Å². The number of carbonyl (C=O) groups excluding carboxylic acids is 2. The Hall–Kier alpha value is -3.59. The van der Waals surface area contributed by atoms with Crippen molar-refractivity contribution in [2.24, 2.45) is 0 Å². The molecule has 1 amide bonds. The minimum Gasteiger partial charge on any atom is -0.496 e. The maximum absolute atomic E-state index is 12.5. The van der Waals surface area contributed by atoms with E-state index in [-0.39, 0.29) is 6.54 Å². The molecular formula is C23H24N2O6S. The molecule has 0 unspecified atom stereocenters. The van der Waals surface area contributed by atoms with Crippen molar-refractivity contribution in [2.45, 2.75) is 13.5 Å². The fourth-order valence-electron chi connectivity index (χ4n) is 2.96. The Morgan fingerprint density at radius 3 is 2.28 bits per heavy atom. The number of methoxy groups -OCH3 is 3. The molecule has 0 spiro atoms. The molecule has 0 bridgehead atoms. The van der Waals surface area contributed by atoms with Gasteiger partial charge in [0.15, 0.2) is 18.1 Å². The van der Waals surface area contributed by atoms with E-state index in [1.54, 1.807) is 19.1 Å². The van der Waals surface area contributed by atoms with Gasteiger partial charge in [-0.15, -0.1) is 11.3 Å². The first-order chi connectivity index (χ1) is 15.5. The number of aryl methyl sites for hydroxylation is 1. The van der Waals surface area contributed by atoms with Gasteiger partial charge in [-0.2, -0.15) is 0 Å². The quantitative estimate of drug-likeness (QED) is 0.491. The first-order valence-electron chi connectivity index (χ1n) is 9.72. The Kier molecular flexibility index (Phi) is 7.67. The van der Waals surface area contributed by atoms with E-state index in [1.807, 2.05) is 30.3 Å². The molecule has 0 radical (unpaired) electrons. The number of esters is 1. The molecule has 3 rings (SSSR count). The van der Waals surface area contributed by atoms with Crippen LogP contribution in [0.15, 0.2) is 42.5 Å². The van der Waals surface area contributed by atoms with E-state index < -0.39 is 18.5 Å². The maximum Gasteiger partial charge on any atom is 0.350 e. The molecule has 0 saturated carbocycles. The lowest BCUT2D eigenvalue weighted by Gasteiger charge is -2.14. The Morgan fingerprint density at radius 2 is 1.62 bits per heavy atom. The van der Waals surface area contributed by atoms with Gasteiger partial charge in [0.1, 0.15) is 15.6 Å².